The van der Waals surface area contributed by atoms with Gasteiger partial charge < -0.3 is 10.1 Å². The van der Waals surface area contributed by atoms with Crippen molar-refractivity contribution >= 4 is 11.9 Å². The highest BCUT2D eigenvalue weighted by Gasteiger charge is 2.27. The predicted molar refractivity (Wildman–Crippen MR) is 83.1 cm³/mol. The number of nitrogens with one attached hydrogen (secondary N) is 2. The minimum absolute atomic E-state index is 0.304. The van der Waals surface area contributed by atoms with Crippen molar-refractivity contribution in [2.45, 2.75) is 58.9 Å². The van der Waals surface area contributed by atoms with Crippen LogP contribution in [0.4, 0.5) is 11.9 Å². The summed E-state index contributed by atoms with van der Waals surface area (Å²) in [5, 5.41) is 3.37. The van der Waals surface area contributed by atoms with E-state index in [2.05, 4.69) is 39.5 Å². The third-order valence-corrected chi connectivity index (χ3v) is 3.85. The average Bonchev–Trinajstić information content (AvgIpc) is 2.47. The van der Waals surface area contributed by atoms with Crippen molar-refractivity contribution in [1.29, 1.82) is 0 Å². The van der Waals surface area contributed by atoms with Crippen molar-refractivity contribution < 1.29 is 4.74 Å². The summed E-state index contributed by atoms with van der Waals surface area (Å²) < 4.78 is 5.46. The largest absolute Gasteiger partial charge is 0.463 e. The Morgan fingerprint density at radius 2 is 1.86 bits per heavy atom. The molecular weight excluding hydrogens is 268 g/mol. The highest BCUT2D eigenvalue weighted by atomic mass is 16.5. The molecule has 0 saturated heterocycles. The molecule has 0 spiro atoms. The number of nitrogens with zero attached hydrogens (tertiary/aromatic N) is 3. The maximum atomic E-state index is 5.46. The minimum atomic E-state index is 0.304. The first-order chi connectivity index (χ1) is 10.0. The van der Waals surface area contributed by atoms with Gasteiger partial charge in [0.2, 0.25) is 11.9 Å². The van der Waals surface area contributed by atoms with E-state index in [9.17, 15) is 0 Å². The van der Waals surface area contributed by atoms with Crippen LogP contribution < -0.4 is 21.3 Å². The highest BCUT2D eigenvalue weighted by molar-refractivity contribution is 5.35. The van der Waals surface area contributed by atoms with Crippen molar-refractivity contribution in [1.82, 2.24) is 15.0 Å². The summed E-state index contributed by atoms with van der Waals surface area (Å²) in [4.78, 5) is 12.6. The second-order valence-electron chi connectivity index (χ2n) is 6.34. The second-order valence-corrected chi connectivity index (χ2v) is 6.34. The molecule has 0 amide bonds. The van der Waals surface area contributed by atoms with Gasteiger partial charge in [0, 0.05) is 6.04 Å². The zero-order valence-corrected chi connectivity index (χ0v) is 13.1. The van der Waals surface area contributed by atoms with Gasteiger partial charge in [-0.1, -0.05) is 20.8 Å². The van der Waals surface area contributed by atoms with Crippen LogP contribution in [0.1, 0.15) is 52.9 Å². The Kier molecular flexibility index (Phi) is 5.17. The molecule has 118 valence electrons. The number of hydrogen-bond donors (Lipinski definition) is 3. The first-order valence-corrected chi connectivity index (χ1v) is 7.64. The fourth-order valence-electron chi connectivity index (χ4n) is 2.47. The van der Waals surface area contributed by atoms with Crippen LogP contribution in [0.15, 0.2) is 0 Å². The lowest BCUT2D eigenvalue weighted by Gasteiger charge is -2.34. The Hall–Kier alpha value is -1.63. The molecule has 0 atom stereocenters. The number of aromatic nitrogens is 3. The Balaban J connectivity index is 2.01. The third-order valence-electron chi connectivity index (χ3n) is 3.85. The normalized spacial score (nSPS) is 18.3. The molecule has 1 aliphatic rings. The highest BCUT2D eigenvalue weighted by Crippen LogP contribution is 2.35. The van der Waals surface area contributed by atoms with E-state index < -0.39 is 0 Å². The zero-order chi connectivity index (χ0) is 15.3. The number of nitrogens with two attached hydrogens (primary N) is 1. The van der Waals surface area contributed by atoms with Gasteiger partial charge in [0.15, 0.2) is 0 Å². The molecule has 1 saturated carbocycles. The minimum Gasteiger partial charge on any atom is -0.463 e. The van der Waals surface area contributed by atoms with Crippen LogP contribution in [0.25, 0.3) is 0 Å². The summed E-state index contributed by atoms with van der Waals surface area (Å²) in [6.45, 7) is 7.25. The maximum absolute atomic E-state index is 5.46. The zero-order valence-electron chi connectivity index (χ0n) is 13.1. The number of nitrogen functional groups attached to an aromatic ring is 1. The average molecular weight is 294 g/mol. The van der Waals surface area contributed by atoms with E-state index in [1.165, 1.54) is 12.8 Å². The summed E-state index contributed by atoms with van der Waals surface area (Å²) in [6.07, 6.45) is 5.55. The first kappa shape index (κ1) is 15.8. The molecule has 1 aliphatic carbocycles. The van der Waals surface area contributed by atoms with Crippen molar-refractivity contribution in [2.24, 2.45) is 11.3 Å². The Bertz CT molecular complexity index is 455. The lowest BCUT2D eigenvalue weighted by atomic mass is 9.76. The quantitative estimate of drug-likeness (QED) is 0.547. The topological polar surface area (TPSA) is 98.0 Å². The van der Waals surface area contributed by atoms with Crippen LogP contribution in [0.3, 0.4) is 0 Å². The summed E-state index contributed by atoms with van der Waals surface area (Å²) in [7, 11) is 0. The first-order valence-electron chi connectivity index (χ1n) is 7.64. The van der Waals surface area contributed by atoms with Crippen LogP contribution >= 0.6 is 0 Å². The van der Waals surface area contributed by atoms with Crippen LogP contribution in [0, 0.1) is 5.41 Å². The van der Waals surface area contributed by atoms with E-state index in [4.69, 9.17) is 10.6 Å². The molecule has 1 fully saturated rings. The van der Waals surface area contributed by atoms with Gasteiger partial charge in [0.05, 0.1) is 6.61 Å². The fourth-order valence-corrected chi connectivity index (χ4v) is 2.47. The lowest BCUT2D eigenvalue weighted by Crippen LogP contribution is -2.30. The van der Waals surface area contributed by atoms with Gasteiger partial charge >= 0.3 is 6.01 Å². The van der Waals surface area contributed by atoms with Gasteiger partial charge in [-0.15, -0.1) is 0 Å². The van der Waals surface area contributed by atoms with Crippen molar-refractivity contribution in [3.63, 3.8) is 0 Å². The van der Waals surface area contributed by atoms with E-state index in [1.807, 2.05) is 6.92 Å². The molecule has 0 aliphatic heterocycles. The third kappa shape index (κ3) is 4.70. The summed E-state index contributed by atoms with van der Waals surface area (Å²) in [5.74, 6) is 6.24. The van der Waals surface area contributed by atoms with Gasteiger partial charge in [0.1, 0.15) is 0 Å². The van der Waals surface area contributed by atoms with Crippen LogP contribution in [-0.4, -0.2) is 27.6 Å². The maximum Gasteiger partial charge on any atom is 0.323 e. The molecule has 7 nitrogen and oxygen atoms in total. The number of hydrogen-bond acceptors (Lipinski definition) is 7. The molecule has 0 aromatic carbocycles. The molecule has 21 heavy (non-hydrogen) atoms. The predicted octanol–water partition coefficient (Wildman–Crippen LogP) is 2.33. The molecule has 1 heterocycles. The van der Waals surface area contributed by atoms with Gasteiger partial charge in [-0.25, -0.2) is 5.84 Å². The molecule has 4 N–H and O–H groups in total. The van der Waals surface area contributed by atoms with Crippen molar-refractivity contribution in [3.05, 3.63) is 0 Å². The smallest absolute Gasteiger partial charge is 0.323 e. The molecule has 0 radical (unpaired) electrons. The van der Waals surface area contributed by atoms with E-state index in [0.29, 0.717) is 36.0 Å². The fraction of sp³-hybridized carbons (Fsp3) is 0.786. The van der Waals surface area contributed by atoms with E-state index >= 15 is 0 Å². The van der Waals surface area contributed by atoms with E-state index in [-0.39, 0.29) is 0 Å². The number of hydrazine groups is 1. The molecule has 0 bridgehead atoms. The number of rotatable bonds is 6. The second kappa shape index (κ2) is 6.89. The summed E-state index contributed by atoms with van der Waals surface area (Å²) in [6, 6.07) is 0.698. The van der Waals surface area contributed by atoms with Crippen LogP contribution in [-0.2, 0) is 0 Å². The molecular formula is C14H26N6O. The molecule has 2 rings (SSSR count). The van der Waals surface area contributed by atoms with Crippen molar-refractivity contribution in [3.8, 4) is 6.01 Å². The number of anilines is 2. The van der Waals surface area contributed by atoms with Gasteiger partial charge in [-0.05, 0) is 37.5 Å². The molecule has 0 unspecified atom stereocenters. The van der Waals surface area contributed by atoms with Crippen LogP contribution in [0.5, 0.6) is 6.01 Å². The molecule has 1 aromatic heterocycles. The lowest BCUT2D eigenvalue weighted by molar-refractivity contribution is 0.232. The standard InChI is InChI=1S/C14H26N6O/c1-4-9-21-13-18-11(17-12(19-13)20-15)16-10-5-7-14(2,3)8-6-10/h10H,4-9,15H2,1-3H3,(H2,16,17,18,19,20). The molecule has 1 aromatic rings. The Morgan fingerprint density at radius 1 is 1.19 bits per heavy atom. The summed E-state index contributed by atoms with van der Waals surface area (Å²) >= 11 is 0. The van der Waals surface area contributed by atoms with Gasteiger partial charge in [-0.3, -0.25) is 5.43 Å². The Morgan fingerprint density at radius 3 is 2.48 bits per heavy atom. The monoisotopic (exact) mass is 294 g/mol. The van der Waals surface area contributed by atoms with Crippen LogP contribution in [0.2, 0.25) is 0 Å². The molecule has 7 heteroatoms. The Labute approximate surface area is 126 Å². The van der Waals surface area contributed by atoms with E-state index in [1.54, 1.807) is 0 Å². The van der Waals surface area contributed by atoms with Gasteiger partial charge in [0.25, 0.3) is 0 Å². The summed E-state index contributed by atoms with van der Waals surface area (Å²) in [5.41, 5.74) is 2.89. The van der Waals surface area contributed by atoms with Gasteiger partial charge in [-0.2, -0.15) is 15.0 Å². The number of ether oxygens (including phenoxy) is 1. The van der Waals surface area contributed by atoms with Crippen molar-refractivity contribution in [2.75, 3.05) is 17.3 Å². The van der Waals surface area contributed by atoms with E-state index in [0.717, 1.165) is 19.3 Å². The SMILES string of the molecule is CCCOc1nc(NN)nc(NC2CCC(C)(C)CC2)n1.